The Labute approximate surface area is 112 Å². The number of hydrogen-bond acceptors (Lipinski definition) is 2. The quantitative estimate of drug-likeness (QED) is 0.666. The van der Waals surface area contributed by atoms with E-state index in [1.54, 1.807) is 6.07 Å². The average Bonchev–Trinajstić information content (AvgIpc) is 2.43. The summed E-state index contributed by atoms with van der Waals surface area (Å²) in [4.78, 5) is 0. The fourth-order valence-corrected chi connectivity index (χ4v) is 1.78. The number of aliphatic hydroxyl groups is 1. The van der Waals surface area contributed by atoms with Gasteiger partial charge in [-0.2, -0.15) is 0 Å². The maximum atomic E-state index is 13.5. The molecule has 0 fully saturated rings. The minimum absolute atomic E-state index is 0.0212. The number of anilines is 1. The van der Waals surface area contributed by atoms with Gasteiger partial charge in [-0.05, 0) is 29.8 Å². The van der Waals surface area contributed by atoms with Crippen molar-refractivity contribution in [2.24, 2.45) is 0 Å². The van der Waals surface area contributed by atoms with Gasteiger partial charge in [0.2, 0.25) is 0 Å². The molecule has 0 heterocycles. The van der Waals surface area contributed by atoms with Crippen LogP contribution in [-0.2, 0) is 0 Å². The third kappa shape index (κ3) is 2.91. The Morgan fingerprint density at radius 2 is 1.55 bits per heavy atom. The van der Waals surface area contributed by atoms with E-state index in [0.717, 1.165) is 12.1 Å². The van der Waals surface area contributed by atoms with Gasteiger partial charge in [-0.15, -0.1) is 0 Å². The Bertz CT molecular complexity index is 595. The maximum Gasteiger partial charge on any atom is 0.194 e. The Kier molecular flexibility index (Phi) is 4.24. The molecule has 0 amide bonds. The van der Waals surface area contributed by atoms with Gasteiger partial charge in [0.1, 0.15) is 5.82 Å². The molecule has 0 radical (unpaired) electrons. The molecule has 2 nitrogen and oxygen atoms in total. The smallest absolute Gasteiger partial charge is 0.194 e. The molecule has 0 aliphatic carbocycles. The van der Waals surface area contributed by atoms with Crippen LogP contribution in [0.5, 0.6) is 0 Å². The van der Waals surface area contributed by atoms with Crippen molar-refractivity contribution in [3.8, 4) is 0 Å². The SMILES string of the molecule is OCC(Nc1ccccc1F)c1cc(F)c(F)c(F)c1. The van der Waals surface area contributed by atoms with Gasteiger partial charge >= 0.3 is 0 Å². The van der Waals surface area contributed by atoms with Crippen molar-refractivity contribution in [3.05, 3.63) is 65.2 Å². The first-order valence-electron chi connectivity index (χ1n) is 5.79. The summed E-state index contributed by atoms with van der Waals surface area (Å²) in [5, 5.41) is 11.9. The van der Waals surface area contributed by atoms with Crippen molar-refractivity contribution < 1.29 is 22.7 Å². The van der Waals surface area contributed by atoms with Crippen molar-refractivity contribution >= 4 is 5.69 Å². The van der Waals surface area contributed by atoms with Gasteiger partial charge in [0.15, 0.2) is 17.5 Å². The second-order valence-corrected chi connectivity index (χ2v) is 4.16. The van der Waals surface area contributed by atoms with Gasteiger partial charge in [-0.25, -0.2) is 17.6 Å². The van der Waals surface area contributed by atoms with Crippen molar-refractivity contribution in [1.29, 1.82) is 0 Å². The van der Waals surface area contributed by atoms with Gasteiger partial charge in [0.25, 0.3) is 0 Å². The van der Waals surface area contributed by atoms with Gasteiger partial charge in [-0.1, -0.05) is 12.1 Å². The number of halogens is 4. The Morgan fingerprint density at radius 1 is 0.950 bits per heavy atom. The summed E-state index contributed by atoms with van der Waals surface area (Å²) < 4.78 is 52.7. The van der Waals surface area contributed by atoms with Crippen molar-refractivity contribution in [1.82, 2.24) is 0 Å². The van der Waals surface area contributed by atoms with Crippen LogP contribution in [0.2, 0.25) is 0 Å². The van der Waals surface area contributed by atoms with Crippen LogP contribution in [0.15, 0.2) is 36.4 Å². The van der Waals surface area contributed by atoms with E-state index >= 15 is 0 Å². The third-order valence-corrected chi connectivity index (χ3v) is 2.79. The molecule has 0 saturated heterocycles. The summed E-state index contributed by atoms with van der Waals surface area (Å²) in [7, 11) is 0. The lowest BCUT2D eigenvalue weighted by atomic mass is 10.1. The van der Waals surface area contributed by atoms with Gasteiger partial charge in [0, 0.05) is 0 Å². The predicted octanol–water partition coefficient (Wildman–Crippen LogP) is 3.39. The van der Waals surface area contributed by atoms with Crippen LogP contribution in [0.25, 0.3) is 0 Å². The van der Waals surface area contributed by atoms with Gasteiger partial charge < -0.3 is 10.4 Å². The van der Waals surface area contributed by atoms with Crippen molar-refractivity contribution in [3.63, 3.8) is 0 Å². The van der Waals surface area contributed by atoms with Crippen molar-refractivity contribution in [2.45, 2.75) is 6.04 Å². The van der Waals surface area contributed by atoms with Crippen LogP contribution < -0.4 is 5.32 Å². The maximum absolute atomic E-state index is 13.5. The lowest BCUT2D eigenvalue weighted by Gasteiger charge is -2.18. The molecule has 1 atom stereocenters. The minimum Gasteiger partial charge on any atom is -0.394 e. The topological polar surface area (TPSA) is 32.3 Å². The highest BCUT2D eigenvalue weighted by atomic mass is 19.2. The molecular formula is C14H11F4NO. The predicted molar refractivity (Wildman–Crippen MR) is 66.2 cm³/mol. The molecule has 0 bridgehead atoms. The monoisotopic (exact) mass is 285 g/mol. The zero-order chi connectivity index (χ0) is 14.7. The number of para-hydroxylation sites is 1. The zero-order valence-corrected chi connectivity index (χ0v) is 10.2. The first-order valence-corrected chi connectivity index (χ1v) is 5.79. The van der Waals surface area contributed by atoms with E-state index in [0.29, 0.717) is 0 Å². The number of aliphatic hydroxyl groups excluding tert-OH is 1. The largest absolute Gasteiger partial charge is 0.394 e. The summed E-state index contributed by atoms with van der Waals surface area (Å²) in [5.41, 5.74) is 0.0452. The van der Waals surface area contributed by atoms with E-state index in [1.165, 1.54) is 18.2 Å². The summed E-state index contributed by atoms with van der Waals surface area (Å²) in [6, 6.07) is 6.20. The standard InChI is InChI=1S/C14H11F4NO/c15-9-3-1-2-4-12(9)19-13(7-20)8-5-10(16)14(18)11(17)6-8/h1-6,13,19-20H,7H2. The van der Waals surface area contributed by atoms with E-state index in [4.69, 9.17) is 0 Å². The van der Waals surface area contributed by atoms with E-state index in [1.807, 2.05) is 0 Å². The first kappa shape index (κ1) is 14.3. The highest BCUT2D eigenvalue weighted by molar-refractivity contribution is 5.46. The van der Waals surface area contributed by atoms with Gasteiger partial charge in [-0.3, -0.25) is 0 Å². The summed E-state index contributed by atoms with van der Waals surface area (Å²) in [6.45, 7) is -0.543. The van der Waals surface area contributed by atoms with Crippen LogP contribution in [0.4, 0.5) is 23.2 Å². The fraction of sp³-hybridized carbons (Fsp3) is 0.143. The van der Waals surface area contributed by atoms with Crippen LogP contribution in [0.3, 0.4) is 0 Å². The second-order valence-electron chi connectivity index (χ2n) is 4.16. The molecule has 20 heavy (non-hydrogen) atoms. The summed E-state index contributed by atoms with van der Waals surface area (Å²) >= 11 is 0. The number of benzene rings is 2. The minimum atomic E-state index is -1.59. The average molecular weight is 285 g/mol. The Morgan fingerprint density at radius 3 is 2.10 bits per heavy atom. The highest BCUT2D eigenvalue weighted by Crippen LogP contribution is 2.24. The molecule has 0 aliphatic rings. The molecule has 0 spiro atoms. The second kappa shape index (κ2) is 5.92. The van der Waals surface area contributed by atoms with Crippen LogP contribution in [0.1, 0.15) is 11.6 Å². The molecule has 0 saturated carbocycles. The molecule has 2 rings (SSSR count). The van der Waals surface area contributed by atoms with Crippen LogP contribution in [-0.4, -0.2) is 11.7 Å². The Hall–Kier alpha value is -2.08. The molecule has 2 aromatic carbocycles. The van der Waals surface area contributed by atoms with E-state index in [9.17, 15) is 22.7 Å². The summed E-state index contributed by atoms with van der Waals surface area (Å²) in [6.07, 6.45) is 0. The molecule has 0 aliphatic heterocycles. The first-order chi connectivity index (χ1) is 9.52. The molecular weight excluding hydrogens is 274 g/mol. The molecule has 1 unspecified atom stereocenters. The third-order valence-electron chi connectivity index (χ3n) is 2.79. The van der Waals surface area contributed by atoms with E-state index in [-0.39, 0.29) is 11.3 Å². The van der Waals surface area contributed by atoms with Gasteiger partial charge in [0.05, 0.1) is 18.3 Å². The van der Waals surface area contributed by atoms with Crippen LogP contribution in [0, 0.1) is 23.3 Å². The van der Waals surface area contributed by atoms with Crippen LogP contribution >= 0.6 is 0 Å². The molecule has 106 valence electrons. The summed E-state index contributed by atoms with van der Waals surface area (Å²) in [5.74, 6) is -4.90. The molecule has 2 N–H and O–H groups in total. The number of hydrogen-bond donors (Lipinski definition) is 2. The molecule has 6 heteroatoms. The van der Waals surface area contributed by atoms with Crippen molar-refractivity contribution in [2.75, 3.05) is 11.9 Å². The lowest BCUT2D eigenvalue weighted by Crippen LogP contribution is -2.16. The zero-order valence-electron chi connectivity index (χ0n) is 10.2. The number of rotatable bonds is 4. The normalized spacial score (nSPS) is 12.2. The lowest BCUT2D eigenvalue weighted by molar-refractivity contribution is 0.275. The number of nitrogens with one attached hydrogen (secondary N) is 1. The molecule has 2 aromatic rings. The fourth-order valence-electron chi connectivity index (χ4n) is 1.78. The Balaban J connectivity index is 2.31. The van der Waals surface area contributed by atoms with E-state index in [2.05, 4.69) is 5.32 Å². The highest BCUT2D eigenvalue weighted by Gasteiger charge is 2.17. The molecule has 0 aromatic heterocycles. The van der Waals surface area contributed by atoms with E-state index < -0.39 is 35.9 Å².